The number of carbonyl (C=O) groups excluding carboxylic acids is 4. The van der Waals surface area contributed by atoms with Crippen LogP contribution in [0.3, 0.4) is 0 Å². The summed E-state index contributed by atoms with van der Waals surface area (Å²) < 4.78 is 35.3. The number of hydrogen-bond acceptors (Lipinski definition) is 8. The molecule has 1 fully saturated rings. The van der Waals surface area contributed by atoms with Gasteiger partial charge in [0.2, 0.25) is 11.8 Å². The number of nitrogens with one attached hydrogen (secondary N) is 2. The van der Waals surface area contributed by atoms with E-state index in [1.165, 1.54) is 15.8 Å². The van der Waals surface area contributed by atoms with Gasteiger partial charge in [-0.05, 0) is 36.5 Å². The Morgan fingerprint density at radius 1 is 1.16 bits per heavy atom. The third-order valence-electron chi connectivity index (χ3n) is 7.35. The number of halogens is 3. The van der Waals surface area contributed by atoms with E-state index in [1.54, 1.807) is 18.3 Å². The maximum Gasteiger partial charge on any atom is 0.490 e. The number of benzene rings is 1. The SMILES string of the molecule is O=C(O)C(F)(F)F.O=C1CCC(N2Cc3ccc(-n4cc(C(=O)NCC5CCn6ccnc6C5)nn4)cc3C2=O)C(=O)N1. The minimum atomic E-state index is -5.08. The molecule has 2 atom stereocenters. The lowest BCUT2D eigenvalue weighted by Crippen LogP contribution is -2.52. The number of carbonyl (C=O) groups is 5. The second-order valence-electron chi connectivity index (χ2n) is 10.2. The Bertz CT molecular complexity index is 1600. The van der Waals surface area contributed by atoms with Crippen molar-refractivity contribution >= 4 is 29.6 Å². The molecular weight excluding hydrogens is 577 g/mol. The fourth-order valence-electron chi connectivity index (χ4n) is 5.10. The molecule has 1 aromatic carbocycles. The lowest BCUT2D eigenvalue weighted by atomic mass is 9.98. The number of amides is 4. The van der Waals surface area contributed by atoms with Gasteiger partial charge in [-0.3, -0.25) is 24.5 Å². The first-order valence-electron chi connectivity index (χ1n) is 13.2. The summed E-state index contributed by atoms with van der Waals surface area (Å²) in [5.41, 5.74) is 2.02. The highest BCUT2D eigenvalue weighted by Gasteiger charge is 2.39. The molecule has 6 rings (SSSR count). The second kappa shape index (κ2) is 11.7. The lowest BCUT2D eigenvalue weighted by molar-refractivity contribution is -0.192. The van der Waals surface area contributed by atoms with Crippen molar-refractivity contribution in [3.05, 3.63) is 59.4 Å². The summed E-state index contributed by atoms with van der Waals surface area (Å²) in [5, 5.41) is 20.4. The number of fused-ring (bicyclic) bond motifs is 2. The van der Waals surface area contributed by atoms with Crippen molar-refractivity contribution in [2.45, 2.75) is 51.0 Å². The molecule has 3 aliphatic rings. The Kier molecular flexibility index (Phi) is 7.97. The molecule has 4 amide bonds. The number of carboxylic acid groups (broad SMARTS) is 1. The fraction of sp³-hybridized carbons (Fsp3) is 0.385. The number of carboxylic acids is 1. The first-order chi connectivity index (χ1) is 20.4. The summed E-state index contributed by atoms with van der Waals surface area (Å²) in [5.74, 6) is -2.75. The number of imidazole rings is 1. The highest BCUT2D eigenvalue weighted by molar-refractivity contribution is 6.05. The van der Waals surface area contributed by atoms with E-state index in [9.17, 15) is 32.3 Å². The van der Waals surface area contributed by atoms with Gasteiger partial charge in [-0.1, -0.05) is 11.3 Å². The van der Waals surface area contributed by atoms with Gasteiger partial charge in [0.1, 0.15) is 11.9 Å². The predicted octanol–water partition coefficient (Wildman–Crippen LogP) is 0.851. The molecular formula is C26H25F3N8O6. The maximum atomic E-state index is 13.1. The number of hydrogen-bond donors (Lipinski definition) is 3. The molecule has 2 aromatic heterocycles. The molecule has 14 nitrogen and oxygen atoms in total. The molecule has 0 bridgehead atoms. The van der Waals surface area contributed by atoms with E-state index in [1.807, 2.05) is 12.3 Å². The molecule has 0 spiro atoms. The van der Waals surface area contributed by atoms with Crippen molar-refractivity contribution < 1.29 is 42.3 Å². The van der Waals surface area contributed by atoms with Crippen LogP contribution in [0.2, 0.25) is 0 Å². The van der Waals surface area contributed by atoms with Gasteiger partial charge in [-0.25, -0.2) is 14.5 Å². The molecule has 1 saturated heterocycles. The van der Waals surface area contributed by atoms with E-state index < -0.39 is 24.1 Å². The third-order valence-corrected chi connectivity index (χ3v) is 7.35. The summed E-state index contributed by atoms with van der Waals surface area (Å²) in [7, 11) is 0. The molecule has 0 radical (unpaired) electrons. The number of imide groups is 1. The summed E-state index contributed by atoms with van der Waals surface area (Å²) in [4.78, 5) is 64.2. The third kappa shape index (κ3) is 6.39. The van der Waals surface area contributed by atoms with E-state index in [0.717, 1.165) is 30.8 Å². The Morgan fingerprint density at radius 3 is 2.65 bits per heavy atom. The first kappa shape index (κ1) is 29.4. The van der Waals surface area contributed by atoms with Crippen LogP contribution in [0.4, 0.5) is 13.2 Å². The highest BCUT2D eigenvalue weighted by Crippen LogP contribution is 2.29. The molecule has 3 aliphatic heterocycles. The Hall–Kier alpha value is -5.09. The van der Waals surface area contributed by atoms with Gasteiger partial charge < -0.3 is 19.9 Å². The van der Waals surface area contributed by atoms with Crippen molar-refractivity contribution in [3.8, 4) is 5.69 Å². The van der Waals surface area contributed by atoms with Crippen molar-refractivity contribution in [1.82, 2.24) is 40.1 Å². The molecule has 226 valence electrons. The van der Waals surface area contributed by atoms with Gasteiger partial charge in [0.15, 0.2) is 5.69 Å². The van der Waals surface area contributed by atoms with Crippen molar-refractivity contribution in [1.29, 1.82) is 0 Å². The zero-order chi connectivity index (χ0) is 30.9. The number of aliphatic carboxylic acids is 1. The van der Waals surface area contributed by atoms with Crippen LogP contribution < -0.4 is 10.6 Å². The zero-order valence-electron chi connectivity index (χ0n) is 22.4. The van der Waals surface area contributed by atoms with Crippen LogP contribution >= 0.6 is 0 Å². The topological polar surface area (TPSA) is 181 Å². The zero-order valence-corrected chi connectivity index (χ0v) is 22.4. The van der Waals surface area contributed by atoms with E-state index in [-0.39, 0.29) is 29.8 Å². The second-order valence-corrected chi connectivity index (χ2v) is 10.2. The van der Waals surface area contributed by atoms with Crippen LogP contribution in [0.25, 0.3) is 5.69 Å². The smallest absolute Gasteiger partial charge is 0.475 e. The lowest BCUT2D eigenvalue weighted by Gasteiger charge is -2.29. The standard InChI is InChI=1S/C24H24N8O4.C2HF3O2/c33-21-4-3-19(23(35)27-21)31-12-15-1-2-16(10-17(15)24(31)36)32-13-18(28-29-32)22(34)26-11-14-5-7-30-8-6-25-20(30)9-14;3-2(4,5)1(6)7/h1-2,6,8,10,13-14,19H,3-5,7,9,11-12H2,(H,26,34)(H,27,33,35);(H,6,7). The largest absolute Gasteiger partial charge is 0.490 e. The average Bonchev–Trinajstić information content (AvgIpc) is 3.71. The monoisotopic (exact) mass is 602 g/mol. The van der Waals surface area contributed by atoms with Crippen LogP contribution in [0.1, 0.15) is 51.5 Å². The minimum Gasteiger partial charge on any atom is -0.475 e. The van der Waals surface area contributed by atoms with Gasteiger partial charge in [-0.2, -0.15) is 13.2 Å². The summed E-state index contributed by atoms with van der Waals surface area (Å²) in [6.45, 7) is 1.72. The minimum absolute atomic E-state index is 0.185. The van der Waals surface area contributed by atoms with Gasteiger partial charge in [-0.15, -0.1) is 5.10 Å². The average molecular weight is 603 g/mol. The molecule has 3 aromatic rings. The van der Waals surface area contributed by atoms with Gasteiger partial charge in [0, 0.05) is 50.4 Å². The maximum absolute atomic E-state index is 13.1. The van der Waals surface area contributed by atoms with Gasteiger partial charge >= 0.3 is 12.1 Å². The normalized spacial score (nSPS) is 19.6. The van der Waals surface area contributed by atoms with Crippen molar-refractivity contribution in [2.24, 2.45) is 5.92 Å². The summed E-state index contributed by atoms with van der Waals surface area (Å²) in [6.07, 6.45) is 2.52. The molecule has 0 aliphatic carbocycles. The molecule has 2 unspecified atom stereocenters. The molecule has 43 heavy (non-hydrogen) atoms. The predicted molar refractivity (Wildman–Crippen MR) is 137 cm³/mol. The number of aromatic nitrogens is 5. The van der Waals surface area contributed by atoms with Crippen LogP contribution in [0.5, 0.6) is 0 Å². The van der Waals surface area contributed by atoms with Gasteiger partial charge in [0.05, 0.1) is 11.9 Å². The van der Waals surface area contributed by atoms with E-state index in [4.69, 9.17) is 9.90 Å². The Labute approximate surface area is 240 Å². The number of aryl methyl sites for hydroxylation is 1. The molecule has 17 heteroatoms. The van der Waals surface area contributed by atoms with E-state index in [2.05, 4.69) is 30.5 Å². The molecule has 0 saturated carbocycles. The number of alkyl halides is 3. The van der Waals surface area contributed by atoms with Crippen LogP contribution in [-0.2, 0) is 33.9 Å². The Morgan fingerprint density at radius 2 is 1.93 bits per heavy atom. The van der Waals surface area contributed by atoms with E-state index >= 15 is 0 Å². The van der Waals surface area contributed by atoms with Crippen LogP contribution in [0.15, 0.2) is 36.8 Å². The van der Waals surface area contributed by atoms with Gasteiger partial charge in [0.25, 0.3) is 11.8 Å². The van der Waals surface area contributed by atoms with Crippen LogP contribution in [-0.4, -0.2) is 82.9 Å². The van der Waals surface area contributed by atoms with E-state index in [0.29, 0.717) is 36.7 Å². The number of piperidine rings is 1. The first-order valence-corrected chi connectivity index (χ1v) is 13.2. The van der Waals surface area contributed by atoms with Crippen LogP contribution in [0, 0.1) is 5.92 Å². The fourth-order valence-corrected chi connectivity index (χ4v) is 5.10. The summed E-state index contributed by atoms with van der Waals surface area (Å²) >= 11 is 0. The number of rotatable bonds is 5. The van der Waals surface area contributed by atoms with Crippen molar-refractivity contribution in [3.63, 3.8) is 0 Å². The number of nitrogens with zero attached hydrogens (tertiary/aromatic N) is 6. The van der Waals surface area contributed by atoms with Crippen molar-refractivity contribution in [2.75, 3.05) is 6.54 Å². The Balaban J connectivity index is 0.000000472. The summed E-state index contributed by atoms with van der Waals surface area (Å²) in [6, 6.07) is 4.62. The quantitative estimate of drug-likeness (QED) is 0.357. The molecule has 3 N–H and O–H groups in total. The highest BCUT2D eigenvalue weighted by atomic mass is 19.4. The molecule has 5 heterocycles.